The lowest BCUT2D eigenvalue weighted by atomic mass is 10.2. The largest absolute Gasteiger partial charge is 0.338 e. The first kappa shape index (κ1) is 18.9. The number of imidazole rings is 2. The molecule has 9 heteroatoms. The summed E-state index contributed by atoms with van der Waals surface area (Å²) in [7, 11) is 0. The third-order valence-electron chi connectivity index (χ3n) is 2.87. The molecule has 0 aromatic carbocycles. The first-order chi connectivity index (χ1) is 11.8. The molecule has 2 heterocycles. The summed E-state index contributed by atoms with van der Waals surface area (Å²) in [6, 6.07) is -0.190. The fraction of sp³-hybridized carbons (Fsp3) is 0.400. The number of unbranched alkanes of at least 4 members (excludes halogenated alkanes) is 3. The lowest BCUT2D eigenvalue weighted by Gasteiger charge is -1.98. The summed E-state index contributed by atoms with van der Waals surface area (Å²) in [4.78, 5) is 45.0. The smallest absolute Gasteiger partial charge is 0.257 e. The van der Waals surface area contributed by atoms with Crippen LogP contribution in [0.1, 0.15) is 25.7 Å². The Morgan fingerprint density at radius 1 is 0.833 bits per heavy atom. The summed E-state index contributed by atoms with van der Waals surface area (Å²) >= 11 is 0. The number of rotatable bonds is 7. The highest BCUT2D eigenvalue weighted by Gasteiger charge is 2.03. The molecule has 24 heavy (non-hydrogen) atoms. The number of hydrogen-bond donors (Lipinski definition) is 0. The summed E-state index contributed by atoms with van der Waals surface area (Å²) in [5, 5.41) is 0. The molecule has 0 N–H and O–H groups in total. The van der Waals surface area contributed by atoms with Gasteiger partial charge >= 0.3 is 6.03 Å². The second-order valence-corrected chi connectivity index (χ2v) is 4.58. The molecule has 0 fully saturated rings. The van der Waals surface area contributed by atoms with Gasteiger partial charge < -0.3 is 0 Å². The van der Waals surface area contributed by atoms with E-state index in [4.69, 9.17) is 0 Å². The monoisotopic (exact) mass is 330 g/mol. The first-order valence-electron chi connectivity index (χ1n) is 7.37. The van der Waals surface area contributed by atoms with E-state index in [2.05, 4.69) is 20.0 Å². The van der Waals surface area contributed by atoms with Gasteiger partial charge in [-0.15, -0.1) is 0 Å². The van der Waals surface area contributed by atoms with Crippen LogP contribution >= 0.6 is 0 Å². The minimum Gasteiger partial charge on any atom is -0.257 e. The topological polar surface area (TPSA) is 112 Å². The molecule has 2 aromatic heterocycles. The van der Waals surface area contributed by atoms with E-state index in [0.29, 0.717) is 13.1 Å². The molecule has 0 aliphatic heterocycles. The van der Waals surface area contributed by atoms with E-state index >= 15 is 0 Å². The Morgan fingerprint density at radius 2 is 1.29 bits per heavy atom. The minimum atomic E-state index is -0.190. The van der Waals surface area contributed by atoms with Crippen LogP contribution in [-0.2, 0) is 9.59 Å². The van der Waals surface area contributed by atoms with Crippen molar-refractivity contribution in [2.45, 2.75) is 25.7 Å². The van der Waals surface area contributed by atoms with Gasteiger partial charge in [-0.1, -0.05) is 12.8 Å². The first-order valence-corrected chi connectivity index (χ1v) is 7.37. The molecule has 126 valence electrons. The van der Waals surface area contributed by atoms with Crippen LogP contribution in [0.15, 0.2) is 47.4 Å². The molecular weight excluding hydrogens is 312 g/mol. The van der Waals surface area contributed by atoms with E-state index in [1.165, 1.54) is 33.9 Å². The van der Waals surface area contributed by atoms with Crippen LogP contribution in [-0.4, -0.2) is 50.4 Å². The minimum absolute atomic E-state index is 0.190. The van der Waals surface area contributed by atoms with Crippen molar-refractivity contribution in [2.24, 2.45) is 9.98 Å². The van der Waals surface area contributed by atoms with Crippen molar-refractivity contribution in [3.63, 3.8) is 0 Å². The van der Waals surface area contributed by atoms with Crippen molar-refractivity contribution < 1.29 is 14.4 Å². The van der Waals surface area contributed by atoms with Gasteiger partial charge in [0.05, 0.1) is 13.1 Å². The zero-order valence-corrected chi connectivity index (χ0v) is 13.1. The maximum atomic E-state index is 11.4. The molecule has 2 aromatic rings. The molecule has 0 radical (unpaired) electrons. The van der Waals surface area contributed by atoms with Crippen LogP contribution < -0.4 is 0 Å². The van der Waals surface area contributed by atoms with E-state index in [0.717, 1.165) is 25.7 Å². The van der Waals surface area contributed by atoms with Crippen LogP contribution in [0.2, 0.25) is 0 Å². The quantitative estimate of drug-likeness (QED) is 0.436. The van der Waals surface area contributed by atoms with E-state index in [9.17, 15) is 14.4 Å². The summed E-state index contributed by atoms with van der Waals surface area (Å²) in [5.74, 6) is 0. The zero-order chi connectivity index (χ0) is 17.5. The maximum Gasteiger partial charge on any atom is 0.338 e. The predicted molar refractivity (Wildman–Crippen MR) is 85.1 cm³/mol. The Kier molecular flexibility index (Phi) is 9.76. The average molecular weight is 330 g/mol. The van der Waals surface area contributed by atoms with E-state index < -0.39 is 0 Å². The summed E-state index contributed by atoms with van der Waals surface area (Å²) in [6.07, 6.45) is 16.0. The lowest BCUT2D eigenvalue weighted by Crippen LogP contribution is -2.15. The van der Waals surface area contributed by atoms with E-state index in [1.807, 2.05) is 0 Å². The van der Waals surface area contributed by atoms with Gasteiger partial charge in [-0.2, -0.15) is 0 Å². The summed E-state index contributed by atoms with van der Waals surface area (Å²) in [6.45, 7) is 1.11. The molecule has 0 aliphatic carbocycles. The van der Waals surface area contributed by atoms with Crippen molar-refractivity contribution in [1.29, 1.82) is 0 Å². The molecular formula is C15H18N6O3. The van der Waals surface area contributed by atoms with Crippen molar-refractivity contribution in [3.8, 4) is 0 Å². The molecule has 2 rings (SSSR count). The SMILES string of the molecule is O=C(n1ccnc1)n1ccnc1.O=C=NCCCCCCN=C=O. The normalized spacial score (nSPS) is 9.17. The van der Waals surface area contributed by atoms with E-state index in [1.54, 1.807) is 24.8 Å². The number of aromatic nitrogens is 4. The van der Waals surface area contributed by atoms with Crippen LogP contribution in [0.3, 0.4) is 0 Å². The molecule has 0 saturated heterocycles. The van der Waals surface area contributed by atoms with Gasteiger partial charge in [-0.3, -0.25) is 9.13 Å². The fourth-order valence-corrected chi connectivity index (χ4v) is 1.70. The second-order valence-electron chi connectivity index (χ2n) is 4.58. The van der Waals surface area contributed by atoms with Crippen molar-refractivity contribution in [1.82, 2.24) is 19.1 Å². The molecule has 0 spiro atoms. The van der Waals surface area contributed by atoms with Gasteiger partial charge in [0.15, 0.2) is 0 Å². The molecule has 0 saturated carbocycles. The van der Waals surface area contributed by atoms with Crippen LogP contribution in [0.4, 0.5) is 4.79 Å². The van der Waals surface area contributed by atoms with Crippen LogP contribution in [0, 0.1) is 0 Å². The highest BCUT2D eigenvalue weighted by molar-refractivity contribution is 5.78. The van der Waals surface area contributed by atoms with E-state index in [-0.39, 0.29) is 6.03 Å². The third-order valence-corrected chi connectivity index (χ3v) is 2.87. The van der Waals surface area contributed by atoms with Gasteiger partial charge in [0, 0.05) is 24.8 Å². The highest BCUT2D eigenvalue weighted by Crippen LogP contribution is 1.99. The van der Waals surface area contributed by atoms with Gasteiger partial charge in [0.1, 0.15) is 12.7 Å². The molecule has 9 nitrogen and oxygen atoms in total. The van der Waals surface area contributed by atoms with Gasteiger partial charge in [0.2, 0.25) is 12.2 Å². The number of hydrogen-bond acceptors (Lipinski definition) is 7. The number of isocyanates is 2. The van der Waals surface area contributed by atoms with Crippen LogP contribution in [0.25, 0.3) is 0 Å². The predicted octanol–water partition coefficient (Wildman–Crippen LogP) is 1.81. The molecule has 0 bridgehead atoms. The van der Waals surface area contributed by atoms with Gasteiger partial charge in [-0.25, -0.2) is 34.3 Å². The number of carbonyl (C=O) groups is 1. The number of aliphatic imine (C=N–C) groups is 2. The van der Waals surface area contributed by atoms with Gasteiger partial charge in [0.25, 0.3) is 0 Å². The zero-order valence-electron chi connectivity index (χ0n) is 13.1. The lowest BCUT2D eigenvalue weighted by molar-refractivity contribution is 0.244. The Bertz CT molecular complexity index is 610. The van der Waals surface area contributed by atoms with Crippen molar-refractivity contribution >= 4 is 18.2 Å². The molecule has 0 atom stereocenters. The van der Waals surface area contributed by atoms with Crippen molar-refractivity contribution in [2.75, 3.05) is 13.1 Å². The Morgan fingerprint density at radius 3 is 1.62 bits per heavy atom. The van der Waals surface area contributed by atoms with Crippen LogP contribution in [0.5, 0.6) is 0 Å². The number of nitrogens with zero attached hydrogens (tertiary/aromatic N) is 6. The second kappa shape index (κ2) is 12.4. The Hall–Kier alpha value is -3.15. The fourth-order valence-electron chi connectivity index (χ4n) is 1.70. The Labute approximate surface area is 138 Å². The standard InChI is InChI=1S/C8H12N2O2.C7H6N4O/c11-7-9-5-3-1-2-4-6-10-8-12;12-7(10-3-1-8-5-10)11-4-2-9-6-11/h1-6H2;1-6H. The van der Waals surface area contributed by atoms with Gasteiger partial charge in [-0.05, 0) is 12.8 Å². The highest BCUT2D eigenvalue weighted by atomic mass is 16.2. The summed E-state index contributed by atoms with van der Waals surface area (Å²) in [5.41, 5.74) is 0. The maximum absolute atomic E-state index is 11.4. The third kappa shape index (κ3) is 7.74. The molecule has 0 amide bonds. The Balaban J connectivity index is 0.000000240. The summed E-state index contributed by atoms with van der Waals surface area (Å²) < 4.78 is 2.75. The van der Waals surface area contributed by atoms with Crippen molar-refractivity contribution in [3.05, 3.63) is 37.4 Å². The molecule has 0 aliphatic rings. The number of carbonyl (C=O) groups excluding carboxylic acids is 3. The molecule has 0 unspecified atom stereocenters. The average Bonchev–Trinajstić information content (AvgIpc) is 3.31.